The third-order valence-corrected chi connectivity index (χ3v) is 3.64. The summed E-state index contributed by atoms with van der Waals surface area (Å²) in [5.41, 5.74) is 1.22. The van der Waals surface area contributed by atoms with E-state index in [4.69, 9.17) is 4.74 Å². The minimum absolute atomic E-state index is 0.172. The first kappa shape index (κ1) is 16.5. The molecule has 0 fully saturated rings. The Hall–Kier alpha value is -1.51. The van der Waals surface area contributed by atoms with Crippen LogP contribution in [0.4, 0.5) is 0 Å². The zero-order valence-corrected chi connectivity index (χ0v) is 12.9. The van der Waals surface area contributed by atoms with Crippen molar-refractivity contribution in [3.8, 4) is 5.75 Å². The highest BCUT2D eigenvalue weighted by molar-refractivity contribution is 5.78. The van der Waals surface area contributed by atoms with E-state index in [9.17, 15) is 4.79 Å². The minimum atomic E-state index is 0.172. The molecule has 0 saturated heterocycles. The Balaban J connectivity index is 2.32. The zero-order chi connectivity index (χ0) is 14.8. The Morgan fingerprint density at radius 2 is 1.95 bits per heavy atom. The third-order valence-electron chi connectivity index (χ3n) is 3.64. The fourth-order valence-electron chi connectivity index (χ4n) is 2.24. The molecule has 1 unspecified atom stereocenters. The molecule has 0 saturated carbocycles. The molecule has 1 aromatic carbocycles. The molecule has 1 aromatic rings. The predicted octanol–water partition coefficient (Wildman–Crippen LogP) is 3.57. The van der Waals surface area contributed by atoms with Crippen molar-refractivity contribution in [1.29, 1.82) is 0 Å². The van der Waals surface area contributed by atoms with Crippen LogP contribution in [0.25, 0.3) is 0 Å². The quantitative estimate of drug-likeness (QED) is 0.749. The van der Waals surface area contributed by atoms with E-state index >= 15 is 0 Å². The van der Waals surface area contributed by atoms with E-state index in [1.807, 2.05) is 24.3 Å². The molecular formula is C17H27NO2. The molecule has 0 spiro atoms. The summed E-state index contributed by atoms with van der Waals surface area (Å²) in [6, 6.07) is 7.99. The van der Waals surface area contributed by atoms with Crippen LogP contribution < -0.4 is 10.1 Å². The maximum atomic E-state index is 12.0. The average Bonchev–Trinajstić information content (AvgIpc) is 2.48. The van der Waals surface area contributed by atoms with E-state index in [1.165, 1.54) is 5.56 Å². The van der Waals surface area contributed by atoms with Crippen molar-refractivity contribution in [1.82, 2.24) is 5.32 Å². The van der Waals surface area contributed by atoms with Crippen LogP contribution in [0, 0.1) is 5.92 Å². The van der Waals surface area contributed by atoms with Gasteiger partial charge < -0.3 is 10.1 Å². The smallest absolute Gasteiger partial charge is 0.223 e. The second kappa shape index (κ2) is 9.40. The van der Waals surface area contributed by atoms with E-state index < -0.39 is 0 Å². The lowest BCUT2D eigenvalue weighted by atomic mass is 9.98. The molecule has 20 heavy (non-hydrogen) atoms. The molecule has 0 bridgehead atoms. The van der Waals surface area contributed by atoms with Gasteiger partial charge in [-0.3, -0.25) is 4.79 Å². The molecule has 0 heterocycles. The Morgan fingerprint density at radius 1 is 1.25 bits per heavy atom. The molecule has 1 rings (SSSR count). The highest BCUT2D eigenvalue weighted by Crippen LogP contribution is 2.13. The van der Waals surface area contributed by atoms with Crippen LogP contribution in [0.3, 0.4) is 0 Å². The van der Waals surface area contributed by atoms with Crippen LogP contribution in [-0.4, -0.2) is 19.6 Å². The van der Waals surface area contributed by atoms with Crippen LogP contribution in [0.5, 0.6) is 5.75 Å². The second-order valence-corrected chi connectivity index (χ2v) is 5.14. The maximum Gasteiger partial charge on any atom is 0.223 e. The van der Waals surface area contributed by atoms with Gasteiger partial charge in [0.2, 0.25) is 5.91 Å². The number of ether oxygens (including phenoxy) is 1. The summed E-state index contributed by atoms with van der Waals surface area (Å²) in [6.45, 7) is 4.95. The van der Waals surface area contributed by atoms with Crippen LogP contribution in [0.1, 0.15) is 45.1 Å². The number of carbonyl (C=O) groups excluding carboxylic acids is 1. The number of nitrogens with one attached hydrogen (secondary N) is 1. The largest absolute Gasteiger partial charge is 0.497 e. The van der Waals surface area contributed by atoms with Gasteiger partial charge in [-0.25, -0.2) is 0 Å². The van der Waals surface area contributed by atoms with Gasteiger partial charge in [0, 0.05) is 12.5 Å². The molecule has 3 nitrogen and oxygen atoms in total. The lowest BCUT2D eigenvalue weighted by Crippen LogP contribution is -2.32. The lowest BCUT2D eigenvalue weighted by Gasteiger charge is -2.14. The predicted molar refractivity (Wildman–Crippen MR) is 83.0 cm³/mol. The van der Waals surface area contributed by atoms with Crippen LogP contribution >= 0.6 is 0 Å². The van der Waals surface area contributed by atoms with E-state index in [2.05, 4.69) is 19.2 Å². The first-order chi connectivity index (χ1) is 9.71. The fraction of sp³-hybridized carbons (Fsp3) is 0.588. The van der Waals surface area contributed by atoms with Gasteiger partial charge in [0.05, 0.1) is 7.11 Å². The third kappa shape index (κ3) is 5.64. The molecule has 3 heteroatoms. The summed E-state index contributed by atoms with van der Waals surface area (Å²) in [5, 5.41) is 3.05. The number of rotatable bonds is 9. The summed E-state index contributed by atoms with van der Waals surface area (Å²) in [5.74, 6) is 1.24. The molecule has 0 aliphatic carbocycles. The summed E-state index contributed by atoms with van der Waals surface area (Å²) in [4.78, 5) is 12.0. The molecule has 0 aromatic heterocycles. The monoisotopic (exact) mass is 277 g/mol. The van der Waals surface area contributed by atoms with Crippen molar-refractivity contribution < 1.29 is 9.53 Å². The van der Waals surface area contributed by atoms with Gasteiger partial charge in [0.25, 0.3) is 0 Å². The second-order valence-electron chi connectivity index (χ2n) is 5.14. The summed E-state index contributed by atoms with van der Waals surface area (Å²) < 4.78 is 5.13. The summed E-state index contributed by atoms with van der Waals surface area (Å²) in [6.07, 6.45) is 5.07. The molecule has 1 N–H and O–H groups in total. The molecule has 0 aliphatic heterocycles. The van der Waals surface area contributed by atoms with E-state index in [0.717, 1.165) is 37.9 Å². The van der Waals surface area contributed by atoms with Crippen molar-refractivity contribution in [2.24, 2.45) is 5.92 Å². The molecular weight excluding hydrogens is 250 g/mol. The highest BCUT2D eigenvalue weighted by Gasteiger charge is 2.14. The number of unbranched alkanes of at least 4 members (excludes halogenated alkanes) is 1. The van der Waals surface area contributed by atoms with Crippen molar-refractivity contribution >= 4 is 5.91 Å². The van der Waals surface area contributed by atoms with Crippen LogP contribution in [-0.2, 0) is 11.2 Å². The number of methoxy groups -OCH3 is 1. The number of hydrogen-bond donors (Lipinski definition) is 1. The van der Waals surface area contributed by atoms with Gasteiger partial charge in [-0.2, -0.15) is 0 Å². The van der Waals surface area contributed by atoms with Crippen molar-refractivity contribution in [2.45, 2.75) is 46.0 Å². The minimum Gasteiger partial charge on any atom is -0.497 e. The molecule has 1 atom stereocenters. The maximum absolute atomic E-state index is 12.0. The Morgan fingerprint density at radius 3 is 2.50 bits per heavy atom. The first-order valence-corrected chi connectivity index (χ1v) is 7.61. The fourth-order valence-corrected chi connectivity index (χ4v) is 2.24. The summed E-state index contributed by atoms with van der Waals surface area (Å²) >= 11 is 0. The Bertz CT molecular complexity index is 386. The van der Waals surface area contributed by atoms with Gasteiger partial charge in [-0.15, -0.1) is 0 Å². The SMILES string of the molecule is CCCCC(CC)C(=O)NCCc1ccc(OC)cc1. The number of benzene rings is 1. The Kier molecular flexibility index (Phi) is 7.78. The van der Waals surface area contributed by atoms with E-state index in [0.29, 0.717) is 6.54 Å². The van der Waals surface area contributed by atoms with Crippen LogP contribution in [0.2, 0.25) is 0 Å². The molecule has 0 aliphatic rings. The van der Waals surface area contributed by atoms with Gasteiger partial charge in [-0.05, 0) is 37.0 Å². The van der Waals surface area contributed by atoms with Gasteiger partial charge in [0.1, 0.15) is 5.75 Å². The van der Waals surface area contributed by atoms with E-state index in [1.54, 1.807) is 7.11 Å². The molecule has 112 valence electrons. The Labute approximate surface area is 122 Å². The number of carbonyl (C=O) groups is 1. The molecule has 1 amide bonds. The van der Waals surface area contributed by atoms with Crippen molar-refractivity contribution in [2.75, 3.05) is 13.7 Å². The molecule has 0 radical (unpaired) electrons. The van der Waals surface area contributed by atoms with Gasteiger partial charge in [0.15, 0.2) is 0 Å². The van der Waals surface area contributed by atoms with Gasteiger partial charge in [-0.1, -0.05) is 38.8 Å². The van der Waals surface area contributed by atoms with Gasteiger partial charge >= 0.3 is 0 Å². The number of hydrogen-bond acceptors (Lipinski definition) is 2. The first-order valence-electron chi connectivity index (χ1n) is 7.61. The normalized spacial score (nSPS) is 11.9. The topological polar surface area (TPSA) is 38.3 Å². The lowest BCUT2D eigenvalue weighted by molar-refractivity contribution is -0.125. The average molecular weight is 277 g/mol. The standard InChI is InChI=1S/C17H27NO2/c1-4-6-7-15(5-2)17(19)18-13-12-14-8-10-16(20-3)11-9-14/h8-11,15H,4-7,12-13H2,1-3H3,(H,18,19). The van der Waals surface area contributed by atoms with Crippen molar-refractivity contribution in [3.63, 3.8) is 0 Å². The highest BCUT2D eigenvalue weighted by atomic mass is 16.5. The summed E-state index contributed by atoms with van der Waals surface area (Å²) in [7, 11) is 1.66. The van der Waals surface area contributed by atoms with Crippen LogP contribution in [0.15, 0.2) is 24.3 Å². The zero-order valence-electron chi connectivity index (χ0n) is 12.9. The number of amides is 1. The van der Waals surface area contributed by atoms with Crippen molar-refractivity contribution in [3.05, 3.63) is 29.8 Å². The van der Waals surface area contributed by atoms with E-state index in [-0.39, 0.29) is 11.8 Å².